The maximum absolute atomic E-state index is 11.9. The molecule has 1 aromatic rings. The monoisotopic (exact) mass is 286 g/mol. The molecule has 0 saturated carbocycles. The Morgan fingerprint density at radius 2 is 2.16 bits per heavy atom. The highest BCUT2D eigenvalue weighted by Crippen LogP contribution is 2.18. The van der Waals surface area contributed by atoms with Gasteiger partial charge in [-0.1, -0.05) is 0 Å². The van der Waals surface area contributed by atoms with Crippen molar-refractivity contribution in [2.24, 2.45) is 0 Å². The third-order valence-corrected chi connectivity index (χ3v) is 3.55. The van der Waals surface area contributed by atoms with Crippen LogP contribution in [-0.4, -0.2) is 35.6 Å². The molecule has 0 saturated heterocycles. The van der Waals surface area contributed by atoms with Crippen LogP contribution in [0.5, 0.6) is 0 Å². The Labute approximate surface area is 115 Å². The van der Waals surface area contributed by atoms with Crippen LogP contribution in [0.1, 0.15) is 39.6 Å². The van der Waals surface area contributed by atoms with Gasteiger partial charge in [-0.2, -0.15) is 0 Å². The summed E-state index contributed by atoms with van der Waals surface area (Å²) in [6, 6.07) is 0. The molecule has 7 heteroatoms. The van der Waals surface area contributed by atoms with E-state index in [1.165, 1.54) is 11.3 Å². The second-order valence-corrected chi connectivity index (χ2v) is 5.15. The normalized spacial score (nSPS) is 10.4. The Hall–Kier alpha value is -1.47. The van der Waals surface area contributed by atoms with Crippen LogP contribution in [0.2, 0.25) is 0 Å². The largest absolute Gasteiger partial charge is 0.481 e. The van der Waals surface area contributed by atoms with Gasteiger partial charge in [-0.05, 0) is 19.8 Å². The Balaban J connectivity index is 2.38. The Morgan fingerprint density at radius 3 is 2.79 bits per heavy atom. The fraction of sp³-hybridized carbons (Fsp3) is 0.583. The van der Waals surface area contributed by atoms with E-state index in [4.69, 9.17) is 9.84 Å². The number of methoxy groups -OCH3 is 1. The zero-order valence-electron chi connectivity index (χ0n) is 11.1. The lowest BCUT2D eigenvalue weighted by atomic mass is 10.2. The Kier molecular flexibility index (Phi) is 6.44. The molecule has 0 aliphatic heterocycles. The van der Waals surface area contributed by atoms with Crippen LogP contribution in [0.15, 0.2) is 0 Å². The average Bonchev–Trinajstić information content (AvgIpc) is 2.70. The summed E-state index contributed by atoms with van der Waals surface area (Å²) in [5.41, 5.74) is 0.695. The summed E-state index contributed by atoms with van der Waals surface area (Å²) in [5.74, 6) is -0.971. The minimum Gasteiger partial charge on any atom is -0.481 e. The summed E-state index contributed by atoms with van der Waals surface area (Å²) in [6.45, 7) is 2.66. The predicted molar refractivity (Wildman–Crippen MR) is 71.4 cm³/mol. The molecule has 0 bridgehead atoms. The van der Waals surface area contributed by atoms with E-state index >= 15 is 0 Å². The van der Waals surface area contributed by atoms with Crippen LogP contribution in [-0.2, 0) is 16.1 Å². The Bertz CT molecular complexity index is 445. The number of hydrogen-bond acceptors (Lipinski definition) is 5. The number of aliphatic carboxylic acids is 1. The van der Waals surface area contributed by atoms with E-state index < -0.39 is 5.97 Å². The first-order chi connectivity index (χ1) is 9.04. The van der Waals surface area contributed by atoms with Crippen molar-refractivity contribution in [3.05, 3.63) is 15.6 Å². The standard InChI is InChI=1S/C12H18N2O4S/c1-8-11(19-9(14-8)7-18-2)12(17)13-6-4-3-5-10(15)16/h3-7H2,1-2H3,(H,13,17)(H,15,16). The number of carbonyl (C=O) groups is 2. The van der Waals surface area contributed by atoms with Gasteiger partial charge in [-0.15, -0.1) is 11.3 Å². The molecule has 106 valence electrons. The highest BCUT2D eigenvalue weighted by Gasteiger charge is 2.14. The van der Waals surface area contributed by atoms with Crippen molar-refractivity contribution >= 4 is 23.2 Å². The number of amides is 1. The van der Waals surface area contributed by atoms with Crippen molar-refractivity contribution in [1.29, 1.82) is 0 Å². The van der Waals surface area contributed by atoms with E-state index in [9.17, 15) is 9.59 Å². The molecule has 0 spiro atoms. The number of aryl methyl sites for hydroxylation is 1. The maximum Gasteiger partial charge on any atom is 0.303 e. The summed E-state index contributed by atoms with van der Waals surface area (Å²) >= 11 is 1.32. The SMILES string of the molecule is COCc1nc(C)c(C(=O)NCCCCC(=O)O)s1. The van der Waals surface area contributed by atoms with Crippen molar-refractivity contribution in [3.8, 4) is 0 Å². The molecule has 0 aromatic carbocycles. The number of ether oxygens (including phenoxy) is 1. The third kappa shape index (κ3) is 5.35. The molecule has 1 heterocycles. The lowest BCUT2D eigenvalue weighted by molar-refractivity contribution is -0.137. The summed E-state index contributed by atoms with van der Waals surface area (Å²) < 4.78 is 4.97. The van der Waals surface area contributed by atoms with E-state index in [0.717, 1.165) is 5.01 Å². The quantitative estimate of drug-likeness (QED) is 0.708. The van der Waals surface area contributed by atoms with Gasteiger partial charge in [0.25, 0.3) is 5.91 Å². The highest BCUT2D eigenvalue weighted by atomic mass is 32.1. The molecule has 2 N–H and O–H groups in total. The molecule has 0 radical (unpaired) electrons. The minimum atomic E-state index is -0.811. The molecule has 0 fully saturated rings. The fourth-order valence-electron chi connectivity index (χ4n) is 1.53. The van der Waals surface area contributed by atoms with Gasteiger partial charge in [0.1, 0.15) is 9.88 Å². The van der Waals surface area contributed by atoms with Gasteiger partial charge >= 0.3 is 5.97 Å². The van der Waals surface area contributed by atoms with Gasteiger partial charge in [-0.3, -0.25) is 9.59 Å². The van der Waals surface area contributed by atoms with Gasteiger partial charge < -0.3 is 15.2 Å². The average molecular weight is 286 g/mol. The number of carboxylic acids is 1. The number of carbonyl (C=O) groups excluding carboxylic acids is 1. The molecule has 1 amide bonds. The molecule has 6 nitrogen and oxygen atoms in total. The summed E-state index contributed by atoms with van der Waals surface area (Å²) in [5, 5.41) is 12.0. The van der Waals surface area contributed by atoms with Crippen LogP contribution < -0.4 is 5.32 Å². The fourth-order valence-corrected chi connectivity index (χ4v) is 2.48. The van der Waals surface area contributed by atoms with E-state index in [0.29, 0.717) is 36.6 Å². The summed E-state index contributed by atoms with van der Waals surface area (Å²) in [6.07, 6.45) is 1.35. The second kappa shape index (κ2) is 7.85. The molecule has 0 aliphatic rings. The van der Waals surface area contributed by atoms with Gasteiger partial charge in [0.2, 0.25) is 0 Å². The lowest BCUT2D eigenvalue weighted by Gasteiger charge is -2.02. The molecular weight excluding hydrogens is 268 g/mol. The van der Waals surface area contributed by atoms with Crippen LogP contribution in [0.25, 0.3) is 0 Å². The minimum absolute atomic E-state index is 0.132. The van der Waals surface area contributed by atoms with Crippen LogP contribution >= 0.6 is 11.3 Å². The maximum atomic E-state index is 11.9. The van der Waals surface area contributed by atoms with E-state index in [-0.39, 0.29) is 12.3 Å². The first-order valence-electron chi connectivity index (χ1n) is 5.99. The number of rotatable bonds is 8. The first kappa shape index (κ1) is 15.6. The lowest BCUT2D eigenvalue weighted by Crippen LogP contribution is -2.24. The van der Waals surface area contributed by atoms with Crippen molar-refractivity contribution in [2.75, 3.05) is 13.7 Å². The van der Waals surface area contributed by atoms with Crippen molar-refractivity contribution in [3.63, 3.8) is 0 Å². The van der Waals surface area contributed by atoms with Gasteiger partial charge in [0.05, 0.1) is 12.3 Å². The second-order valence-electron chi connectivity index (χ2n) is 4.06. The molecule has 0 atom stereocenters. The van der Waals surface area contributed by atoms with Crippen molar-refractivity contribution in [1.82, 2.24) is 10.3 Å². The number of unbranched alkanes of at least 4 members (excludes halogenated alkanes) is 1. The van der Waals surface area contributed by atoms with Gasteiger partial charge in [0.15, 0.2) is 0 Å². The smallest absolute Gasteiger partial charge is 0.303 e. The van der Waals surface area contributed by atoms with Gasteiger partial charge in [-0.25, -0.2) is 4.98 Å². The zero-order chi connectivity index (χ0) is 14.3. The van der Waals surface area contributed by atoms with Crippen molar-refractivity contribution < 1.29 is 19.4 Å². The topological polar surface area (TPSA) is 88.5 Å². The van der Waals surface area contributed by atoms with E-state index in [1.807, 2.05) is 0 Å². The zero-order valence-corrected chi connectivity index (χ0v) is 11.9. The number of thiazole rings is 1. The first-order valence-corrected chi connectivity index (χ1v) is 6.81. The number of carboxylic acid groups (broad SMARTS) is 1. The number of nitrogens with zero attached hydrogens (tertiary/aromatic N) is 1. The number of hydrogen-bond donors (Lipinski definition) is 2. The van der Waals surface area contributed by atoms with E-state index in [1.54, 1.807) is 14.0 Å². The van der Waals surface area contributed by atoms with Gasteiger partial charge in [0, 0.05) is 20.1 Å². The molecule has 0 unspecified atom stereocenters. The molecule has 19 heavy (non-hydrogen) atoms. The molecule has 0 aliphatic carbocycles. The van der Waals surface area contributed by atoms with Crippen LogP contribution in [0, 0.1) is 6.92 Å². The molecular formula is C12H18N2O4S. The number of nitrogens with one attached hydrogen (secondary N) is 1. The summed E-state index contributed by atoms with van der Waals surface area (Å²) in [4.78, 5) is 27.0. The van der Waals surface area contributed by atoms with E-state index in [2.05, 4.69) is 10.3 Å². The van der Waals surface area contributed by atoms with Crippen LogP contribution in [0.3, 0.4) is 0 Å². The number of aromatic nitrogens is 1. The Morgan fingerprint density at radius 1 is 1.42 bits per heavy atom. The predicted octanol–water partition coefficient (Wildman–Crippen LogP) is 1.58. The van der Waals surface area contributed by atoms with Crippen molar-refractivity contribution in [2.45, 2.75) is 32.8 Å². The van der Waals surface area contributed by atoms with Crippen LogP contribution in [0.4, 0.5) is 0 Å². The molecule has 1 rings (SSSR count). The third-order valence-electron chi connectivity index (χ3n) is 2.42. The highest BCUT2D eigenvalue weighted by molar-refractivity contribution is 7.13. The molecule has 1 aromatic heterocycles. The summed E-state index contributed by atoms with van der Waals surface area (Å²) in [7, 11) is 1.58.